The zero-order chi connectivity index (χ0) is 16.6. The lowest BCUT2D eigenvalue weighted by Gasteiger charge is -2.16. The minimum absolute atomic E-state index is 0.0252. The van der Waals surface area contributed by atoms with Crippen LogP contribution in [0.3, 0.4) is 0 Å². The quantitative estimate of drug-likeness (QED) is 0.429. The van der Waals surface area contributed by atoms with Gasteiger partial charge < -0.3 is 4.74 Å². The van der Waals surface area contributed by atoms with Gasteiger partial charge in [0.2, 0.25) is 0 Å². The van der Waals surface area contributed by atoms with Crippen LogP contribution in [0.4, 0.5) is 11.4 Å². The van der Waals surface area contributed by atoms with Gasteiger partial charge in [0, 0.05) is 10.8 Å². The van der Waals surface area contributed by atoms with Gasteiger partial charge in [-0.2, -0.15) is 0 Å². The fourth-order valence-corrected chi connectivity index (χ4v) is 2.49. The third kappa shape index (κ3) is 2.71. The zero-order valence-corrected chi connectivity index (χ0v) is 12.2. The number of rotatable bonds is 4. The van der Waals surface area contributed by atoms with Crippen molar-refractivity contribution in [3.05, 3.63) is 36.4 Å². The molecule has 0 spiro atoms. The van der Waals surface area contributed by atoms with Crippen LogP contribution < -0.4 is 15.2 Å². The predicted octanol–water partition coefficient (Wildman–Crippen LogP) is 2.96. The van der Waals surface area contributed by atoms with Gasteiger partial charge in [0.25, 0.3) is 0 Å². The van der Waals surface area contributed by atoms with Crippen molar-refractivity contribution < 1.29 is 25.6 Å². The molecule has 0 saturated carbocycles. The fourth-order valence-electron chi connectivity index (χ4n) is 2.49. The average molecular weight is 317 g/mol. The molecule has 4 N–H and O–H groups in total. The molecule has 0 aliphatic rings. The van der Waals surface area contributed by atoms with Gasteiger partial charge in [0.15, 0.2) is 0 Å². The van der Waals surface area contributed by atoms with Crippen molar-refractivity contribution in [2.75, 3.05) is 17.1 Å². The maximum absolute atomic E-state index is 9.63. The van der Waals surface area contributed by atoms with Gasteiger partial charge in [-0.25, -0.2) is 4.98 Å². The van der Waals surface area contributed by atoms with E-state index < -0.39 is 0 Å². The monoisotopic (exact) mass is 317 g/mol. The lowest BCUT2D eigenvalue weighted by Crippen LogP contribution is -2.13. The van der Waals surface area contributed by atoms with Gasteiger partial charge in [-0.05, 0) is 43.3 Å². The predicted molar refractivity (Wildman–Crippen MR) is 82.5 cm³/mol. The van der Waals surface area contributed by atoms with E-state index in [9.17, 15) is 10.4 Å². The molecule has 0 unspecified atom stereocenters. The molecular weight excluding hydrogens is 302 g/mol. The summed E-state index contributed by atoms with van der Waals surface area (Å²) < 4.78 is 5.43. The normalized spacial score (nSPS) is 11.0. The Morgan fingerprint density at radius 2 is 1.70 bits per heavy atom. The van der Waals surface area contributed by atoms with Crippen LogP contribution in [0.5, 0.6) is 5.75 Å². The first-order chi connectivity index (χ1) is 11.0. The molecule has 1 aromatic heterocycles. The van der Waals surface area contributed by atoms with Crippen LogP contribution >= 0.6 is 0 Å². The van der Waals surface area contributed by atoms with Gasteiger partial charge in [0.1, 0.15) is 11.4 Å². The summed E-state index contributed by atoms with van der Waals surface area (Å²) in [6.07, 6.45) is 0. The van der Waals surface area contributed by atoms with E-state index in [2.05, 4.69) is 4.98 Å². The lowest BCUT2D eigenvalue weighted by atomic mass is 10.1. The Labute approximate surface area is 130 Å². The van der Waals surface area contributed by atoms with Crippen LogP contribution in [0.15, 0.2) is 36.4 Å². The van der Waals surface area contributed by atoms with Crippen molar-refractivity contribution >= 4 is 33.2 Å². The maximum Gasteiger partial charge on any atom is 0.120 e. The van der Waals surface area contributed by atoms with Crippen molar-refractivity contribution in [3.8, 4) is 5.75 Å². The average Bonchev–Trinajstić information content (AvgIpc) is 2.52. The molecule has 0 fully saturated rings. The van der Waals surface area contributed by atoms with E-state index in [-0.39, 0.29) is 21.8 Å². The fraction of sp³-hybridized carbons (Fsp3) is 0.133. The van der Waals surface area contributed by atoms with E-state index in [1.807, 2.05) is 6.92 Å². The van der Waals surface area contributed by atoms with Crippen molar-refractivity contribution in [1.82, 2.24) is 4.98 Å². The summed E-state index contributed by atoms with van der Waals surface area (Å²) in [7, 11) is 0. The summed E-state index contributed by atoms with van der Waals surface area (Å²) in [4.78, 5) is 4.41. The number of nitrogens with zero attached hydrogens (tertiary/aromatic N) is 3. The molecule has 0 aliphatic carbocycles. The number of pyridine rings is 1. The number of aromatic nitrogens is 1. The molecule has 120 valence electrons. The first-order valence-corrected chi connectivity index (χ1v) is 6.87. The highest BCUT2D eigenvalue weighted by atomic mass is 16.8. The standard InChI is InChI=1S/C15H15N3O5/c1-2-23-10-4-6-13-12(8-10)15(18(21)22)11-5-3-9(17(19)20)7-14(11)16-13/h3-8,19-22H,2H2,1H3. The molecule has 0 saturated heterocycles. The molecule has 0 atom stereocenters. The molecule has 3 aromatic rings. The first kappa shape index (κ1) is 15.3. The number of hydrogen-bond donors (Lipinski definition) is 4. The second kappa shape index (κ2) is 5.86. The van der Waals surface area contributed by atoms with E-state index >= 15 is 0 Å². The molecule has 23 heavy (non-hydrogen) atoms. The number of anilines is 2. The molecule has 1 heterocycles. The molecular formula is C15H15N3O5. The number of hydrogen-bond acceptors (Lipinski definition) is 8. The second-order valence-electron chi connectivity index (χ2n) is 4.85. The highest BCUT2D eigenvalue weighted by Crippen LogP contribution is 2.35. The van der Waals surface area contributed by atoms with Crippen LogP contribution in [-0.4, -0.2) is 32.4 Å². The number of fused-ring (bicyclic) bond motifs is 2. The Kier molecular flexibility index (Phi) is 3.89. The second-order valence-corrected chi connectivity index (χ2v) is 4.85. The van der Waals surface area contributed by atoms with Crippen molar-refractivity contribution in [2.24, 2.45) is 0 Å². The van der Waals surface area contributed by atoms with Crippen LogP contribution in [0.2, 0.25) is 0 Å². The van der Waals surface area contributed by atoms with E-state index in [0.717, 1.165) is 0 Å². The minimum Gasteiger partial charge on any atom is -0.494 e. The molecule has 0 bridgehead atoms. The Bertz CT molecular complexity index is 866. The van der Waals surface area contributed by atoms with E-state index in [0.29, 0.717) is 34.2 Å². The van der Waals surface area contributed by atoms with Crippen molar-refractivity contribution in [2.45, 2.75) is 6.92 Å². The van der Waals surface area contributed by atoms with Gasteiger partial charge in [-0.3, -0.25) is 20.8 Å². The van der Waals surface area contributed by atoms with Crippen molar-refractivity contribution in [1.29, 1.82) is 0 Å². The summed E-state index contributed by atoms with van der Waals surface area (Å²) in [6.45, 7) is 2.33. The summed E-state index contributed by atoms with van der Waals surface area (Å²) in [5.41, 5.74) is 1.10. The highest BCUT2D eigenvalue weighted by Gasteiger charge is 2.15. The van der Waals surface area contributed by atoms with Crippen LogP contribution in [0, 0.1) is 0 Å². The Morgan fingerprint density at radius 3 is 2.35 bits per heavy atom. The number of benzene rings is 2. The Balaban J connectivity index is 2.34. The Hall–Kier alpha value is -2.65. The minimum atomic E-state index is -0.0289. The smallest absolute Gasteiger partial charge is 0.120 e. The molecule has 0 aliphatic heterocycles. The zero-order valence-electron chi connectivity index (χ0n) is 12.2. The van der Waals surface area contributed by atoms with Crippen LogP contribution in [0.1, 0.15) is 6.92 Å². The third-order valence-corrected chi connectivity index (χ3v) is 3.44. The van der Waals surface area contributed by atoms with Gasteiger partial charge in [-0.15, -0.1) is 10.5 Å². The van der Waals surface area contributed by atoms with E-state index in [1.165, 1.54) is 18.2 Å². The van der Waals surface area contributed by atoms with Gasteiger partial charge >= 0.3 is 0 Å². The van der Waals surface area contributed by atoms with E-state index in [1.54, 1.807) is 18.2 Å². The molecule has 0 radical (unpaired) electrons. The van der Waals surface area contributed by atoms with E-state index in [4.69, 9.17) is 15.2 Å². The molecule has 3 rings (SSSR count). The topological polar surface area (TPSA) is 110 Å². The molecule has 0 amide bonds. The Morgan fingerprint density at radius 1 is 0.913 bits per heavy atom. The van der Waals surface area contributed by atoms with Gasteiger partial charge in [-0.1, -0.05) is 0 Å². The lowest BCUT2D eigenvalue weighted by molar-refractivity contribution is 0.0291. The van der Waals surface area contributed by atoms with Crippen molar-refractivity contribution in [3.63, 3.8) is 0 Å². The maximum atomic E-state index is 9.63. The molecule has 8 heteroatoms. The molecule has 8 nitrogen and oxygen atoms in total. The summed E-state index contributed by atoms with van der Waals surface area (Å²) in [5.74, 6) is 0.581. The number of ether oxygens (including phenoxy) is 1. The van der Waals surface area contributed by atoms with Crippen LogP contribution in [0.25, 0.3) is 21.8 Å². The summed E-state index contributed by atoms with van der Waals surface area (Å²) >= 11 is 0. The van der Waals surface area contributed by atoms with Gasteiger partial charge in [0.05, 0.1) is 23.3 Å². The largest absolute Gasteiger partial charge is 0.494 e. The summed E-state index contributed by atoms with van der Waals surface area (Å²) in [6, 6.07) is 9.42. The first-order valence-electron chi connectivity index (χ1n) is 6.87. The SMILES string of the molecule is CCOc1ccc2nc3cc(N(O)O)ccc3c(N(O)O)c2c1. The highest BCUT2D eigenvalue weighted by molar-refractivity contribution is 6.08. The molecule has 2 aromatic carbocycles. The summed E-state index contributed by atoms with van der Waals surface area (Å²) in [5, 5.41) is 38.4. The third-order valence-electron chi connectivity index (χ3n) is 3.44. The van der Waals surface area contributed by atoms with Crippen LogP contribution in [-0.2, 0) is 0 Å².